The van der Waals surface area contributed by atoms with Crippen molar-refractivity contribution in [2.45, 2.75) is 13.0 Å². The first-order valence-corrected chi connectivity index (χ1v) is 4.16. The summed E-state index contributed by atoms with van der Waals surface area (Å²) >= 11 is 1.75. The minimum absolute atomic E-state index is 0.648. The highest BCUT2D eigenvalue weighted by Gasteiger charge is 1.95. The molecule has 0 bridgehead atoms. The van der Waals surface area contributed by atoms with Crippen LogP contribution in [0.5, 0.6) is 0 Å². The van der Waals surface area contributed by atoms with Gasteiger partial charge in [0.25, 0.3) is 0 Å². The Morgan fingerprint density at radius 3 is 2.40 bits per heavy atom. The van der Waals surface area contributed by atoms with Crippen LogP contribution in [-0.2, 0) is 13.0 Å². The summed E-state index contributed by atoms with van der Waals surface area (Å²) in [5, 5.41) is 0. The van der Waals surface area contributed by atoms with Gasteiger partial charge in [-0.25, -0.2) is 0 Å². The Kier molecular flexibility index (Phi) is 2.86. The van der Waals surface area contributed by atoms with Crippen LogP contribution in [0.1, 0.15) is 9.75 Å². The van der Waals surface area contributed by atoms with E-state index in [0.717, 1.165) is 13.0 Å². The molecule has 56 valence electrons. The van der Waals surface area contributed by atoms with E-state index in [4.69, 9.17) is 11.5 Å². The standard InChI is InChI=1S/C7H12N2S/c8-4-3-6-1-2-7(5-9)10-6/h1-2H,3-5,8-9H2. The molecule has 1 aromatic rings. The Hall–Kier alpha value is -0.380. The second-order valence-electron chi connectivity index (χ2n) is 2.11. The summed E-state index contributed by atoms with van der Waals surface area (Å²) < 4.78 is 0. The lowest BCUT2D eigenvalue weighted by atomic mass is 10.3. The van der Waals surface area contributed by atoms with Crippen molar-refractivity contribution in [3.8, 4) is 0 Å². The second kappa shape index (κ2) is 3.71. The highest BCUT2D eigenvalue weighted by Crippen LogP contribution is 2.15. The molecule has 2 nitrogen and oxygen atoms in total. The van der Waals surface area contributed by atoms with Crippen molar-refractivity contribution in [1.82, 2.24) is 0 Å². The van der Waals surface area contributed by atoms with Crippen LogP contribution in [0.25, 0.3) is 0 Å². The maximum atomic E-state index is 5.44. The fourth-order valence-corrected chi connectivity index (χ4v) is 1.72. The fraction of sp³-hybridized carbons (Fsp3) is 0.429. The molecule has 0 saturated heterocycles. The third-order valence-electron chi connectivity index (χ3n) is 1.31. The molecule has 0 fully saturated rings. The normalized spacial score (nSPS) is 10.2. The molecule has 0 aliphatic carbocycles. The van der Waals surface area contributed by atoms with Crippen LogP contribution in [-0.4, -0.2) is 6.54 Å². The molecule has 4 N–H and O–H groups in total. The Balaban J connectivity index is 2.59. The largest absolute Gasteiger partial charge is 0.330 e. The van der Waals surface area contributed by atoms with Gasteiger partial charge in [0, 0.05) is 16.3 Å². The zero-order valence-electron chi connectivity index (χ0n) is 5.84. The van der Waals surface area contributed by atoms with Crippen molar-refractivity contribution in [2.24, 2.45) is 11.5 Å². The lowest BCUT2D eigenvalue weighted by Crippen LogP contribution is -2.00. The van der Waals surface area contributed by atoms with Crippen molar-refractivity contribution in [2.75, 3.05) is 6.54 Å². The molecule has 0 atom stereocenters. The maximum Gasteiger partial charge on any atom is 0.0273 e. The quantitative estimate of drug-likeness (QED) is 0.677. The van der Waals surface area contributed by atoms with E-state index in [1.807, 2.05) is 0 Å². The minimum atomic E-state index is 0.648. The summed E-state index contributed by atoms with van der Waals surface area (Å²) in [5.41, 5.74) is 10.8. The SMILES string of the molecule is NCCc1ccc(CN)s1. The molecule has 0 unspecified atom stereocenters. The van der Waals surface area contributed by atoms with Crippen LogP contribution in [0.4, 0.5) is 0 Å². The molecule has 1 rings (SSSR count). The summed E-state index contributed by atoms with van der Waals surface area (Å²) in [6.45, 7) is 1.37. The third kappa shape index (κ3) is 1.80. The topological polar surface area (TPSA) is 52.0 Å². The average Bonchev–Trinajstić information content (AvgIpc) is 2.37. The molecule has 1 heterocycles. The Morgan fingerprint density at radius 2 is 1.90 bits per heavy atom. The van der Waals surface area contributed by atoms with Crippen molar-refractivity contribution in [3.63, 3.8) is 0 Å². The number of hydrogen-bond acceptors (Lipinski definition) is 3. The van der Waals surface area contributed by atoms with Crippen LogP contribution >= 0.6 is 11.3 Å². The molecule has 0 spiro atoms. The zero-order valence-corrected chi connectivity index (χ0v) is 6.66. The van der Waals surface area contributed by atoms with Gasteiger partial charge in [-0.15, -0.1) is 11.3 Å². The lowest BCUT2D eigenvalue weighted by molar-refractivity contribution is 0.989. The summed E-state index contributed by atoms with van der Waals surface area (Å²) in [6, 6.07) is 4.16. The van der Waals surface area contributed by atoms with Gasteiger partial charge < -0.3 is 11.5 Å². The lowest BCUT2D eigenvalue weighted by Gasteiger charge is -1.88. The number of rotatable bonds is 3. The Bertz CT molecular complexity index is 195. The molecule has 0 amide bonds. The van der Waals surface area contributed by atoms with Crippen LogP contribution in [0.3, 0.4) is 0 Å². The molecular formula is C7H12N2S. The molecule has 0 aliphatic heterocycles. The van der Waals surface area contributed by atoms with Gasteiger partial charge in [-0.05, 0) is 25.1 Å². The average molecular weight is 156 g/mol. The fourth-order valence-electron chi connectivity index (χ4n) is 0.809. The van der Waals surface area contributed by atoms with Crippen molar-refractivity contribution in [3.05, 3.63) is 21.9 Å². The van der Waals surface area contributed by atoms with Gasteiger partial charge in [0.15, 0.2) is 0 Å². The second-order valence-corrected chi connectivity index (χ2v) is 3.36. The van der Waals surface area contributed by atoms with Gasteiger partial charge in [-0.2, -0.15) is 0 Å². The summed E-state index contributed by atoms with van der Waals surface area (Å²) in [7, 11) is 0. The van der Waals surface area contributed by atoms with Crippen LogP contribution < -0.4 is 11.5 Å². The molecule has 10 heavy (non-hydrogen) atoms. The molecule has 0 aromatic carbocycles. The van der Waals surface area contributed by atoms with E-state index in [1.165, 1.54) is 9.75 Å². The third-order valence-corrected chi connectivity index (χ3v) is 2.48. The first-order valence-electron chi connectivity index (χ1n) is 3.34. The summed E-state index contributed by atoms with van der Waals surface area (Å²) in [5.74, 6) is 0. The summed E-state index contributed by atoms with van der Waals surface area (Å²) in [4.78, 5) is 2.58. The van der Waals surface area contributed by atoms with Crippen LogP contribution in [0, 0.1) is 0 Å². The van der Waals surface area contributed by atoms with Crippen LogP contribution in [0.15, 0.2) is 12.1 Å². The predicted molar refractivity (Wildman–Crippen MR) is 45.0 cm³/mol. The molecular weight excluding hydrogens is 144 g/mol. The highest BCUT2D eigenvalue weighted by molar-refractivity contribution is 7.11. The van der Waals surface area contributed by atoms with Gasteiger partial charge >= 0.3 is 0 Å². The minimum Gasteiger partial charge on any atom is -0.330 e. The van der Waals surface area contributed by atoms with E-state index in [9.17, 15) is 0 Å². The predicted octanol–water partition coefficient (Wildman–Crippen LogP) is 0.708. The van der Waals surface area contributed by atoms with E-state index in [-0.39, 0.29) is 0 Å². The first-order chi connectivity index (χ1) is 4.86. The zero-order chi connectivity index (χ0) is 7.40. The maximum absolute atomic E-state index is 5.44. The van der Waals surface area contributed by atoms with E-state index >= 15 is 0 Å². The Labute approximate surface area is 64.8 Å². The van der Waals surface area contributed by atoms with Gasteiger partial charge in [0.1, 0.15) is 0 Å². The van der Waals surface area contributed by atoms with Gasteiger partial charge in [0.2, 0.25) is 0 Å². The highest BCUT2D eigenvalue weighted by atomic mass is 32.1. The van der Waals surface area contributed by atoms with Gasteiger partial charge in [-0.1, -0.05) is 0 Å². The van der Waals surface area contributed by atoms with Gasteiger partial charge in [0.05, 0.1) is 0 Å². The van der Waals surface area contributed by atoms with Crippen LogP contribution in [0.2, 0.25) is 0 Å². The molecule has 0 saturated carbocycles. The monoisotopic (exact) mass is 156 g/mol. The molecule has 3 heteroatoms. The number of thiophene rings is 1. The van der Waals surface area contributed by atoms with Crippen molar-refractivity contribution < 1.29 is 0 Å². The molecule has 1 aromatic heterocycles. The summed E-state index contributed by atoms with van der Waals surface area (Å²) in [6.07, 6.45) is 0.977. The van der Waals surface area contributed by atoms with Crippen molar-refractivity contribution in [1.29, 1.82) is 0 Å². The van der Waals surface area contributed by atoms with E-state index in [1.54, 1.807) is 11.3 Å². The first kappa shape index (κ1) is 7.72. The Morgan fingerprint density at radius 1 is 1.20 bits per heavy atom. The molecule has 0 radical (unpaired) electrons. The van der Waals surface area contributed by atoms with E-state index < -0.39 is 0 Å². The smallest absolute Gasteiger partial charge is 0.0273 e. The molecule has 0 aliphatic rings. The van der Waals surface area contributed by atoms with E-state index in [2.05, 4.69) is 12.1 Å². The number of nitrogens with two attached hydrogens (primary N) is 2. The van der Waals surface area contributed by atoms with E-state index in [0.29, 0.717) is 6.54 Å². The number of hydrogen-bond donors (Lipinski definition) is 2. The van der Waals surface area contributed by atoms with Crippen molar-refractivity contribution >= 4 is 11.3 Å². The van der Waals surface area contributed by atoms with Gasteiger partial charge in [-0.3, -0.25) is 0 Å².